The Bertz CT molecular complexity index is 701. The third kappa shape index (κ3) is 2.93. The molecule has 2 aromatic rings. The van der Waals surface area contributed by atoms with E-state index < -0.39 is 5.97 Å². The lowest BCUT2D eigenvalue weighted by atomic mass is 10.0. The SMILES string of the molecule is CCCC(c1cccs1)n1c(C)c(C(=O)O)c(C)cc1=O. The third-order valence-electron chi connectivity index (χ3n) is 3.65. The van der Waals surface area contributed by atoms with Gasteiger partial charge in [-0.1, -0.05) is 19.4 Å². The van der Waals surface area contributed by atoms with Crippen LogP contribution in [0, 0.1) is 13.8 Å². The molecule has 0 bridgehead atoms. The number of rotatable bonds is 5. The standard InChI is InChI=1S/C16H19NO3S/c1-4-6-12(13-7-5-8-21-13)17-11(3)15(16(19)20)10(2)9-14(17)18/h5,7-9,12H,4,6H2,1-3H3,(H,19,20). The van der Waals surface area contributed by atoms with Crippen molar-refractivity contribution in [1.82, 2.24) is 4.57 Å². The summed E-state index contributed by atoms with van der Waals surface area (Å²) in [4.78, 5) is 25.0. The molecule has 1 unspecified atom stereocenters. The highest BCUT2D eigenvalue weighted by Crippen LogP contribution is 2.28. The molecule has 0 spiro atoms. The summed E-state index contributed by atoms with van der Waals surface area (Å²) >= 11 is 1.59. The second-order valence-corrected chi connectivity index (χ2v) is 6.10. The Morgan fingerprint density at radius 1 is 1.43 bits per heavy atom. The molecule has 5 heteroatoms. The van der Waals surface area contributed by atoms with Crippen LogP contribution in [0.4, 0.5) is 0 Å². The van der Waals surface area contributed by atoms with Crippen molar-refractivity contribution in [3.8, 4) is 0 Å². The summed E-state index contributed by atoms with van der Waals surface area (Å²) in [6, 6.07) is 5.28. The van der Waals surface area contributed by atoms with E-state index in [0.29, 0.717) is 11.3 Å². The van der Waals surface area contributed by atoms with Crippen molar-refractivity contribution >= 4 is 17.3 Å². The molecule has 0 fully saturated rings. The lowest BCUT2D eigenvalue weighted by molar-refractivity contribution is 0.0694. The van der Waals surface area contributed by atoms with E-state index in [1.54, 1.807) is 29.8 Å². The van der Waals surface area contributed by atoms with E-state index in [4.69, 9.17) is 0 Å². The highest BCUT2D eigenvalue weighted by Gasteiger charge is 2.22. The first kappa shape index (κ1) is 15.5. The monoisotopic (exact) mass is 305 g/mol. The quantitative estimate of drug-likeness (QED) is 0.918. The van der Waals surface area contributed by atoms with Gasteiger partial charge in [0.05, 0.1) is 11.6 Å². The van der Waals surface area contributed by atoms with E-state index in [1.807, 2.05) is 17.5 Å². The predicted molar refractivity (Wildman–Crippen MR) is 84.5 cm³/mol. The van der Waals surface area contributed by atoms with Crippen LogP contribution in [0.25, 0.3) is 0 Å². The molecule has 0 amide bonds. The van der Waals surface area contributed by atoms with E-state index in [2.05, 4.69) is 6.92 Å². The summed E-state index contributed by atoms with van der Waals surface area (Å²) in [5.74, 6) is -0.986. The van der Waals surface area contributed by atoms with Gasteiger partial charge in [-0.25, -0.2) is 4.79 Å². The van der Waals surface area contributed by atoms with Gasteiger partial charge in [0.2, 0.25) is 0 Å². The maximum Gasteiger partial charge on any atom is 0.337 e. The zero-order valence-corrected chi connectivity index (χ0v) is 13.2. The topological polar surface area (TPSA) is 59.3 Å². The van der Waals surface area contributed by atoms with E-state index >= 15 is 0 Å². The first-order chi connectivity index (χ1) is 9.97. The van der Waals surface area contributed by atoms with Gasteiger partial charge in [0.25, 0.3) is 5.56 Å². The zero-order chi connectivity index (χ0) is 15.6. The van der Waals surface area contributed by atoms with Crippen LogP contribution in [0.2, 0.25) is 0 Å². The maximum atomic E-state index is 12.4. The van der Waals surface area contributed by atoms with Gasteiger partial charge in [0.1, 0.15) is 0 Å². The number of thiophene rings is 1. The molecule has 0 saturated carbocycles. The lowest BCUT2D eigenvalue weighted by Crippen LogP contribution is -2.29. The van der Waals surface area contributed by atoms with Gasteiger partial charge in [-0.05, 0) is 37.3 Å². The molecule has 0 saturated heterocycles. The third-order valence-corrected chi connectivity index (χ3v) is 4.63. The fraction of sp³-hybridized carbons (Fsp3) is 0.375. The van der Waals surface area contributed by atoms with Crippen molar-refractivity contribution in [2.45, 2.75) is 39.7 Å². The summed E-state index contributed by atoms with van der Waals surface area (Å²) < 4.78 is 1.63. The predicted octanol–water partition coefficient (Wildman–Crippen LogP) is 3.61. The number of hydrogen-bond donors (Lipinski definition) is 1. The average molecular weight is 305 g/mol. The fourth-order valence-corrected chi connectivity index (χ4v) is 3.61. The first-order valence-electron chi connectivity index (χ1n) is 6.96. The van der Waals surface area contributed by atoms with Gasteiger partial charge in [0, 0.05) is 16.6 Å². The molecule has 0 aliphatic rings. The normalized spacial score (nSPS) is 12.3. The summed E-state index contributed by atoms with van der Waals surface area (Å²) in [7, 11) is 0. The van der Waals surface area contributed by atoms with E-state index in [0.717, 1.165) is 17.7 Å². The average Bonchev–Trinajstić information content (AvgIpc) is 2.90. The van der Waals surface area contributed by atoms with E-state index in [1.165, 1.54) is 6.07 Å². The Kier molecular flexibility index (Phi) is 4.63. The van der Waals surface area contributed by atoms with Gasteiger partial charge >= 0.3 is 5.97 Å². The van der Waals surface area contributed by atoms with Gasteiger partial charge in [-0.15, -0.1) is 11.3 Å². The molecule has 0 aromatic carbocycles. The van der Waals surface area contributed by atoms with Crippen LogP contribution in [0.3, 0.4) is 0 Å². The van der Waals surface area contributed by atoms with Crippen molar-refractivity contribution in [2.24, 2.45) is 0 Å². The second-order valence-electron chi connectivity index (χ2n) is 5.12. The number of aryl methyl sites for hydroxylation is 1. The molecule has 2 rings (SSSR count). The molecule has 1 N–H and O–H groups in total. The molecule has 0 radical (unpaired) electrons. The summed E-state index contributed by atoms with van der Waals surface area (Å²) in [5.41, 5.74) is 1.14. The van der Waals surface area contributed by atoms with Crippen LogP contribution >= 0.6 is 11.3 Å². The lowest BCUT2D eigenvalue weighted by Gasteiger charge is -2.22. The number of carboxylic acid groups (broad SMARTS) is 1. The van der Waals surface area contributed by atoms with Crippen LogP contribution in [0.15, 0.2) is 28.4 Å². The fourth-order valence-electron chi connectivity index (χ4n) is 2.76. The van der Waals surface area contributed by atoms with Gasteiger partial charge in [-0.2, -0.15) is 0 Å². The van der Waals surface area contributed by atoms with Crippen LogP contribution in [-0.2, 0) is 0 Å². The van der Waals surface area contributed by atoms with E-state index in [9.17, 15) is 14.7 Å². The number of nitrogens with zero attached hydrogens (tertiary/aromatic N) is 1. The maximum absolute atomic E-state index is 12.4. The minimum atomic E-state index is -0.986. The van der Waals surface area contributed by atoms with Crippen LogP contribution in [-0.4, -0.2) is 15.6 Å². The Labute approximate surface area is 127 Å². The highest BCUT2D eigenvalue weighted by atomic mass is 32.1. The summed E-state index contributed by atoms with van der Waals surface area (Å²) in [5, 5.41) is 11.4. The van der Waals surface area contributed by atoms with Crippen molar-refractivity contribution in [3.05, 3.63) is 55.6 Å². The molecule has 2 aromatic heterocycles. The molecular weight excluding hydrogens is 286 g/mol. The van der Waals surface area contributed by atoms with Crippen molar-refractivity contribution in [3.63, 3.8) is 0 Å². The Balaban J connectivity index is 2.69. The van der Waals surface area contributed by atoms with Gasteiger partial charge < -0.3 is 9.67 Å². The molecule has 4 nitrogen and oxygen atoms in total. The largest absolute Gasteiger partial charge is 0.478 e. The molecule has 0 aliphatic heterocycles. The number of aromatic carboxylic acids is 1. The summed E-state index contributed by atoms with van der Waals surface area (Å²) in [6.07, 6.45) is 1.73. The number of carbonyl (C=O) groups is 1. The Morgan fingerprint density at radius 3 is 2.67 bits per heavy atom. The molecule has 112 valence electrons. The number of carboxylic acids is 1. The number of pyridine rings is 1. The van der Waals surface area contributed by atoms with Gasteiger partial charge in [0.15, 0.2) is 0 Å². The molecule has 2 heterocycles. The minimum Gasteiger partial charge on any atom is -0.478 e. The molecule has 0 aliphatic carbocycles. The molecule has 1 atom stereocenters. The summed E-state index contributed by atoms with van der Waals surface area (Å²) in [6.45, 7) is 5.45. The van der Waals surface area contributed by atoms with Gasteiger partial charge in [-0.3, -0.25) is 4.79 Å². The second kappa shape index (κ2) is 6.26. The Morgan fingerprint density at radius 2 is 2.14 bits per heavy atom. The van der Waals surface area contributed by atoms with Crippen molar-refractivity contribution in [1.29, 1.82) is 0 Å². The molecular formula is C16H19NO3S. The minimum absolute atomic E-state index is 0.0961. The number of hydrogen-bond acceptors (Lipinski definition) is 3. The van der Waals surface area contributed by atoms with Crippen LogP contribution in [0.1, 0.15) is 52.3 Å². The van der Waals surface area contributed by atoms with Crippen molar-refractivity contribution in [2.75, 3.05) is 0 Å². The highest BCUT2D eigenvalue weighted by molar-refractivity contribution is 7.10. The Hall–Kier alpha value is -1.88. The van der Waals surface area contributed by atoms with Crippen LogP contribution < -0.4 is 5.56 Å². The smallest absolute Gasteiger partial charge is 0.337 e. The van der Waals surface area contributed by atoms with Crippen LogP contribution in [0.5, 0.6) is 0 Å². The molecule has 21 heavy (non-hydrogen) atoms. The zero-order valence-electron chi connectivity index (χ0n) is 12.4. The van der Waals surface area contributed by atoms with E-state index in [-0.39, 0.29) is 17.2 Å². The number of aromatic nitrogens is 1. The van der Waals surface area contributed by atoms with Crippen molar-refractivity contribution < 1.29 is 9.90 Å². The first-order valence-corrected chi connectivity index (χ1v) is 7.84.